The molecule has 0 bridgehead atoms. The summed E-state index contributed by atoms with van der Waals surface area (Å²) in [5.74, 6) is -0.348. The Hall–Kier alpha value is -1.83. The number of aromatic nitrogens is 2. The van der Waals surface area contributed by atoms with Gasteiger partial charge in [-0.05, 0) is 22.4 Å². The summed E-state index contributed by atoms with van der Waals surface area (Å²) >= 11 is 1.51. The van der Waals surface area contributed by atoms with Gasteiger partial charge in [0.15, 0.2) is 5.69 Å². The summed E-state index contributed by atoms with van der Waals surface area (Å²) in [6, 6.07) is 2.70. The molecule has 0 radical (unpaired) electrons. The van der Waals surface area contributed by atoms with Gasteiger partial charge in [0.2, 0.25) is 5.95 Å². The lowest BCUT2D eigenvalue weighted by Gasteiger charge is -2.09. The molecule has 0 saturated carbocycles. The molecule has 2 heterocycles. The van der Waals surface area contributed by atoms with Gasteiger partial charge in [0, 0.05) is 12.6 Å². The SMILES string of the molecule is Nc1nc(NCc2ccsc2)cc(C(F)(F)F)n1. The van der Waals surface area contributed by atoms with Crippen molar-refractivity contribution in [3.8, 4) is 0 Å². The minimum absolute atomic E-state index is 0.0565. The number of nitrogens with zero attached hydrogens (tertiary/aromatic N) is 2. The van der Waals surface area contributed by atoms with Crippen molar-refractivity contribution < 1.29 is 13.2 Å². The second-order valence-corrected chi connectivity index (χ2v) is 4.26. The fraction of sp³-hybridized carbons (Fsp3) is 0.200. The van der Waals surface area contributed by atoms with Gasteiger partial charge >= 0.3 is 6.18 Å². The van der Waals surface area contributed by atoms with Crippen LogP contribution in [-0.2, 0) is 12.7 Å². The molecule has 3 N–H and O–H groups in total. The number of thiophene rings is 1. The molecule has 0 atom stereocenters. The fourth-order valence-electron chi connectivity index (χ4n) is 1.29. The topological polar surface area (TPSA) is 63.8 Å². The van der Waals surface area contributed by atoms with Crippen LogP contribution in [-0.4, -0.2) is 9.97 Å². The van der Waals surface area contributed by atoms with E-state index in [-0.39, 0.29) is 5.82 Å². The van der Waals surface area contributed by atoms with Gasteiger partial charge in [-0.15, -0.1) is 0 Å². The Bertz CT molecular complexity index is 524. The van der Waals surface area contributed by atoms with E-state index in [2.05, 4.69) is 15.3 Å². The largest absolute Gasteiger partial charge is 0.433 e. The fourth-order valence-corrected chi connectivity index (χ4v) is 1.96. The van der Waals surface area contributed by atoms with E-state index in [1.165, 1.54) is 11.3 Å². The molecule has 18 heavy (non-hydrogen) atoms. The van der Waals surface area contributed by atoms with Crippen molar-refractivity contribution in [2.75, 3.05) is 11.1 Å². The van der Waals surface area contributed by atoms with E-state index in [1.54, 1.807) is 0 Å². The van der Waals surface area contributed by atoms with Crippen LogP contribution in [0.5, 0.6) is 0 Å². The van der Waals surface area contributed by atoms with E-state index in [0.29, 0.717) is 6.54 Å². The molecule has 96 valence electrons. The highest BCUT2D eigenvalue weighted by Crippen LogP contribution is 2.29. The average Bonchev–Trinajstić information content (AvgIpc) is 2.77. The molecular formula is C10H9F3N4S. The number of nitrogens with one attached hydrogen (secondary N) is 1. The normalized spacial score (nSPS) is 11.5. The van der Waals surface area contributed by atoms with E-state index in [4.69, 9.17) is 5.73 Å². The molecule has 2 rings (SSSR count). The maximum absolute atomic E-state index is 12.5. The smallest absolute Gasteiger partial charge is 0.368 e. The van der Waals surface area contributed by atoms with Crippen molar-refractivity contribution in [2.45, 2.75) is 12.7 Å². The van der Waals surface area contributed by atoms with Gasteiger partial charge in [-0.3, -0.25) is 0 Å². The van der Waals surface area contributed by atoms with Crippen LogP contribution in [0.25, 0.3) is 0 Å². The number of hydrogen-bond donors (Lipinski definition) is 2. The van der Waals surface area contributed by atoms with Crippen molar-refractivity contribution in [3.05, 3.63) is 34.2 Å². The minimum atomic E-state index is -4.53. The predicted molar refractivity (Wildman–Crippen MR) is 63.1 cm³/mol. The molecule has 0 aliphatic carbocycles. The molecule has 0 spiro atoms. The molecule has 0 amide bonds. The van der Waals surface area contributed by atoms with Crippen molar-refractivity contribution in [3.63, 3.8) is 0 Å². The lowest BCUT2D eigenvalue weighted by Crippen LogP contribution is -2.12. The highest BCUT2D eigenvalue weighted by Gasteiger charge is 2.33. The number of nitrogen functional groups attached to an aromatic ring is 1. The lowest BCUT2D eigenvalue weighted by molar-refractivity contribution is -0.141. The first kappa shape index (κ1) is 12.6. The van der Waals surface area contributed by atoms with Gasteiger partial charge < -0.3 is 11.1 Å². The first-order valence-corrected chi connectivity index (χ1v) is 5.86. The minimum Gasteiger partial charge on any atom is -0.368 e. The first-order chi connectivity index (χ1) is 8.45. The van der Waals surface area contributed by atoms with E-state index < -0.39 is 17.8 Å². The summed E-state index contributed by atoms with van der Waals surface area (Å²) in [5, 5.41) is 6.55. The van der Waals surface area contributed by atoms with Crippen molar-refractivity contribution in [1.29, 1.82) is 0 Å². The van der Waals surface area contributed by atoms with Gasteiger partial charge in [0.25, 0.3) is 0 Å². The maximum atomic E-state index is 12.5. The van der Waals surface area contributed by atoms with Gasteiger partial charge in [-0.25, -0.2) is 4.98 Å². The number of hydrogen-bond acceptors (Lipinski definition) is 5. The number of alkyl halides is 3. The van der Waals surface area contributed by atoms with Crippen LogP contribution in [0.15, 0.2) is 22.9 Å². The second-order valence-electron chi connectivity index (χ2n) is 3.48. The first-order valence-electron chi connectivity index (χ1n) is 4.92. The van der Waals surface area contributed by atoms with Crippen molar-refractivity contribution >= 4 is 23.1 Å². The number of anilines is 2. The van der Waals surface area contributed by atoms with Crippen LogP contribution >= 0.6 is 11.3 Å². The zero-order valence-electron chi connectivity index (χ0n) is 9.03. The Balaban J connectivity index is 2.15. The van der Waals surface area contributed by atoms with E-state index >= 15 is 0 Å². The number of halogens is 3. The summed E-state index contributed by atoms with van der Waals surface area (Å²) in [7, 11) is 0. The third kappa shape index (κ3) is 3.10. The van der Waals surface area contributed by atoms with E-state index in [0.717, 1.165) is 11.6 Å². The highest BCUT2D eigenvalue weighted by atomic mass is 32.1. The van der Waals surface area contributed by atoms with Gasteiger partial charge in [-0.2, -0.15) is 29.5 Å². The predicted octanol–water partition coefficient (Wildman–Crippen LogP) is 2.75. The number of rotatable bonds is 3. The Labute approximate surface area is 105 Å². The zero-order valence-corrected chi connectivity index (χ0v) is 9.85. The van der Waals surface area contributed by atoms with Crippen molar-refractivity contribution in [1.82, 2.24) is 9.97 Å². The van der Waals surface area contributed by atoms with Crippen LogP contribution < -0.4 is 11.1 Å². The highest BCUT2D eigenvalue weighted by molar-refractivity contribution is 7.07. The Morgan fingerprint density at radius 1 is 1.33 bits per heavy atom. The molecular weight excluding hydrogens is 265 g/mol. The van der Waals surface area contributed by atoms with Gasteiger partial charge in [0.1, 0.15) is 5.82 Å². The maximum Gasteiger partial charge on any atom is 0.433 e. The summed E-state index contributed by atoms with van der Waals surface area (Å²) < 4.78 is 37.5. The third-order valence-electron chi connectivity index (χ3n) is 2.09. The quantitative estimate of drug-likeness (QED) is 0.903. The third-order valence-corrected chi connectivity index (χ3v) is 2.82. The zero-order chi connectivity index (χ0) is 13.2. The number of nitrogens with two attached hydrogens (primary N) is 1. The van der Waals surface area contributed by atoms with Gasteiger partial charge in [-0.1, -0.05) is 0 Å². The lowest BCUT2D eigenvalue weighted by atomic mass is 10.3. The second kappa shape index (κ2) is 4.81. The van der Waals surface area contributed by atoms with Crippen LogP contribution in [0.4, 0.5) is 24.9 Å². The molecule has 2 aromatic rings. The van der Waals surface area contributed by atoms with Crippen LogP contribution in [0.2, 0.25) is 0 Å². The van der Waals surface area contributed by atoms with Crippen LogP contribution in [0, 0.1) is 0 Å². The molecule has 8 heteroatoms. The molecule has 0 fully saturated rings. The molecule has 2 aromatic heterocycles. The molecule has 0 saturated heterocycles. The van der Waals surface area contributed by atoms with Crippen LogP contribution in [0.3, 0.4) is 0 Å². The molecule has 0 unspecified atom stereocenters. The molecule has 0 aliphatic heterocycles. The Kier molecular flexibility index (Phi) is 3.37. The van der Waals surface area contributed by atoms with E-state index in [9.17, 15) is 13.2 Å². The van der Waals surface area contributed by atoms with Crippen molar-refractivity contribution in [2.24, 2.45) is 0 Å². The Morgan fingerprint density at radius 2 is 2.11 bits per heavy atom. The average molecular weight is 274 g/mol. The Morgan fingerprint density at radius 3 is 2.72 bits per heavy atom. The van der Waals surface area contributed by atoms with Crippen LogP contribution in [0.1, 0.15) is 11.3 Å². The molecule has 0 aliphatic rings. The summed E-state index contributed by atoms with van der Waals surface area (Å²) in [6.07, 6.45) is -4.53. The summed E-state index contributed by atoms with van der Waals surface area (Å²) in [5.41, 5.74) is 5.16. The summed E-state index contributed by atoms with van der Waals surface area (Å²) in [6.45, 7) is 0.386. The summed E-state index contributed by atoms with van der Waals surface area (Å²) in [4.78, 5) is 6.86. The monoisotopic (exact) mass is 274 g/mol. The standard InChI is InChI=1S/C10H9F3N4S/c11-10(12,13)7-3-8(17-9(14)16-7)15-4-6-1-2-18-5-6/h1-3,5H,4H2,(H3,14,15,16,17). The molecule has 0 aromatic carbocycles. The molecule has 4 nitrogen and oxygen atoms in total. The van der Waals surface area contributed by atoms with E-state index in [1.807, 2.05) is 16.8 Å². The van der Waals surface area contributed by atoms with Gasteiger partial charge in [0.05, 0.1) is 0 Å².